The van der Waals surface area contributed by atoms with Gasteiger partial charge in [-0.25, -0.2) is 0 Å². The highest BCUT2D eigenvalue weighted by Crippen LogP contribution is 2.60. The molecule has 0 spiro atoms. The second-order valence-electron chi connectivity index (χ2n) is 14.4. The van der Waals surface area contributed by atoms with Crippen molar-refractivity contribution in [2.45, 2.75) is 84.6 Å². The Labute approximate surface area is 232 Å². The van der Waals surface area contributed by atoms with Crippen LogP contribution in [0.1, 0.15) is 83.6 Å². The Balaban J connectivity index is 1.23. The molecule has 6 heteroatoms. The molecule has 39 heavy (non-hydrogen) atoms. The predicted molar refractivity (Wildman–Crippen MR) is 149 cm³/mol. The lowest BCUT2D eigenvalue weighted by Crippen LogP contribution is -2.56. The van der Waals surface area contributed by atoms with Gasteiger partial charge in [-0.15, -0.1) is 0 Å². The zero-order valence-electron chi connectivity index (χ0n) is 23.8. The SMILES string of the molecule is COC(=O)[C@@]12C[C@@H](CC(=O)NCC34CC5CC(CC(C5)C3)C4)C(=O)N(Cc3ccccc3)C1=CCC(C)(C)C2. The van der Waals surface area contributed by atoms with E-state index < -0.39 is 11.3 Å². The van der Waals surface area contributed by atoms with Crippen molar-refractivity contribution in [3.8, 4) is 0 Å². The van der Waals surface area contributed by atoms with Crippen LogP contribution in [-0.2, 0) is 25.7 Å². The fourth-order valence-corrected chi connectivity index (χ4v) is 9.57. The van der Waals surface area contributed by atoms with Crippen molar-refractivity contribution in [3.05, 3.63) is 47.7 Å². The molecule has 0 aromatic heterocycles. The Hall–Kier alpha value is -2.63. The molecule has 1 aromatic rings. The smallest absolute Gasteiger partial charge is 0.317 e. The van der Waals surface area contributed by atoms with Crippen LogP contribution in [-0.4, -0.2) is 36.3 Å². The van der Waals surface area contributed by atoms with Gasteiger partial charge < -0.3 is 15.0 Å². The summed E-state index contributed by atoms with van der Waals surface area (Å²) in [6.45, 7) is 5.44. The number of amides is 2. The van der Waals surface area contributed by atoms with Crippen molar-refractivity contribution in [2.24, 2.45) is 39.9 Å². The molecule has 1 aromatic carbocycles. The zero-order valence-corrected chi connectivity index (χ0v) is 23.8. The van der Waals surface area contributed by atoms with E-state index in [9.17, 15) is 14.4 Å². The van der Waals surface area contributed by atoms with Gasteiger partial charge >= 0.3 is 5.97 Å². The van der Waals surface area contributed by atoms with Gasteiger partial charge in [-0.05, 0) is 91.9 Å². The number of rotatable bonds is 7. The summed E-state index contributed by atoms with van der Waals surface area (Å²) in [6, 6.07) is 9.89. The second-order valence-corrected chi connectivity index (χ2v) is 14.4. The van der Waals surface area contributed by atoms with Crippen LogP contribution in [0, 0.1) is 39.9 Å². The van der Waals surface area contributed by atoms with Gasteiger partial charge in [0.1, 0.15) is 5.41 Å². The number of carbonyl (C=O) groups excluding carboxylic acids is 3. The van der Waals surface area contributed by atoms with Crippen molar-refractivity contribution in [3.63, 3.8) is 0 Å². The molecule has 7 rings (SSSR count). The molecule has 4 bridgehead atoms. The molecule has 5 fully saturated rings. The summed E-state index contributed by atoms with van der Waals surface area (Å²) in [6.07, 6.45) is 11.7. The normalized spacial score (nSPS) is 36.2. The largest absolute Gasteiger partial charge is 0.468 e. The van der Waals surface area contributed by atoms with Gasteiger partial charge in [0.05, 0.1) is 13.7 Å². The highest BCUT2D eigenvalue weighted by atomic mass is 16.5. The Morgan fingerprint density at radius 1 is 1.00 bits per heavy atom. The van der Waals surface area contributed by atoms with Crippen LogP contribution < -0.4 is 5.32 Å². The fraction of sp³-hybridized carbons (Fsp3) is 0.667. The number of likely N-dealkylation sites (tertiary alicyclic amines) is 1. The standard InChI is InChI=1S/C33H44N2O4/c1-31(2)10-9-27-33(20-31,30(38)39-3)18-26(29(37)35(27)19-22-7-5-4-6-8-22)14-28(36)34-21-32-15-23-11-24(16-32)13-25(12-23)17-32/h4-9,23-26H,10-21H2,1-3H3,(H,34,36)/t23?,24?,25?,26-,32?,33-/m1/s1. The van der Waals surface area contributed by atoms with Gasteiger partial charge in [-0.2, -0.15) is 0 Å². The highest BCUT2D eigenvalue weighted by molar-refractivity contribution is 5.92. The number of esters is 1. The molecule has 2 amide bonds. The van der Waals surface area contributed by atoms with E-state index in [4.69, 9.17) is 4.74 Å². The van der Waals surface area contributed by atoms with Crippen molar-refractivity contribution >= 4 is 17.8 Å². The van der Waals surface area contributed by atoms with E-state index in [1.54, 1.807) is 4.90 Å². The van der Waals surface area contributed by atoms with Crippen LogP contribution in [0.2, 0.25) is 0 Å². The van der Waals surface area contributed by atoms with E-state index in [1.165, 1.54) is 45.6 Å². The Morgan fingerprint density at radius 3 is 2.26 bits per heavy atom. The van der Waals surface area contributed by atoms with E-state index in [-0.39, 0.29) is 35.0 Å². The average molecular weight is 533 g/mol. The van der Waals surface area contributed by atoms with Crippen molar-refractivity contribution in [1.29, 1.82) is 0 Å². The molecule has 1 saturated heterocycles. The van der Waals surface area contributed by atoms with E-state index in [0.717, 1.165) is 42.0 Å². The minimum Gasteiger partial charge on any atom is -0.468 e. The topological polar surface area (TPSA) is 75.7 Å². The summed E-state index contributed by atoms with van der Waals surface area (Å²) >= 11 is 0. The minimum absolute atomic E-state index is 0.0608. The molecule has 5 aliphatic carbocycles. The van der Waals surface area contributed by atoms with Crippen LogP contribution in [0.25, 0.3) is 0 Å². The third-order valence-corrected chi connectivity index (χ3v) is 10.6. The van der Waals surface area contributed by atoms with Crippen molar-refractivity contribution in [2.75, 3.05) is 13.7 Å². The third-order valence-electron chi connectivity index (χ3n) is 10.6. The fourth-order valence-electron chi connectivity index (χ4n) is 9.57. The van der Waals surface area contributed by atoms with Crippen LogP contribution >= 0.6 is 0 Å². The van der Waals surface area contributed by atoms with Crippen molar-refractivity contribution < 1.29 is 19.1 Å². The van der Waals surface area contributed by atoms with Crippen molar-refractivity contribution in [1.82, 2.24) is 10.2 Å². The average Bonchev–Trinajstić information content (AvgIpc) is 2.89. The number of fused-ring (bicyclic) bond motifs is 1. The third kappa shape index (κ3) is 4.93. The first-order chi connectivity index (χ1) is 18.6. The first-order valence-electron chi connectivity index (χ1n) is 15.0. The van der Waals surface area contributed by atoms with Gasteiger partial charge in [-0.3, -0.25) is 14.4 Å². The monoisotopic (exact) mass is 532 g/mol. The molecule has 6 nitrogen and oxygen atoms in total. The summed E-state index contributed by atoms with van der Waals surface area (Å²) in [5, 5.41) is 3.28. The van der Waals surface area contributed by atoms with Gasteiger partial charge in [0.2, 0.25) is 11.8 Å². The molecule has 4 saturated carbocycles. The maximum atomic E-state index is 14.0. The summed E-state index contributed by atoms with van der Waals surface area (Å²) in [7, 11) is 1.43. The molecular weight excluding hydrogens is 488 g/mol. The summed E-state index contributed by atoms with van der Waals surface area (Å²) in [4.78, 5) is 42.8. The first-order valence-corrected chi connectivity index (χ1v) is 15.0. The van der Waals surface area contributed by atoms with E-state index in [0.29, 0.717) is 19.4 Å². The molecular formula is C33H44N2O4. The molecule has 2 atom stereocenters. The maximum Gasteiger partial charge on any atom is 0.317 e. The first kappa shape index (κ1) is 26.6. The van der Waals surface area contributed by atoms with Gasteiger partial charge in [0, 0.05) is 24.6 Å². The molecule has 1 aliphatic heterocycles. The molecule has 6 aliphatic rings. The Bertz CT molecular complexity index is 1140. The van der Waals surface area contributed by atoms with Crippen LogP contribution in [0.4, 0.5) is 0 Å². The summed E-state index contributed by atoms with van der Waals surface area (Å²) in [5.74, 6) is 1.51. The lowest BCUT2D eigenvalue weighted by Gasteiger charge is -2.57. The number of benzene rings is 1. The summed E-state index contributed by atoms with van der Waals surface area (Å²) in [5.41, 5.74) is 0.970. The summed E-state index contributed by atoms with van der Waals surface area (Å²) < 4.78 is 5.40. The molecule has 1 heterocycles. The van der Waals surface area contributed by atoms with E-state index >= 15 is 0 Å². The lowest BCUT2D eigenvalue weighted by atomic mass is 9.49. The number of ether oxygens (including phenoxy) is 1. The van der Waals surface area contributed by atoms with E-state index in [1.807, 2.05) is 30.3 Å². The number of hydrogen-bond donors (Lipinski definition) is 1. The number of piperidine rings is 1. The number of carbonyl (C=O) groups is 3. The number of allylic oxidation sites excluding steroid dienone is 1. The van der Waals surface area contributed by atoms with Crippen LogP contribution in [0.5, 0.6) is 0 Å². The van der Waals surface area contributed by atoms with Gasteiger partial charge in [0.15, 0.2) is 0 Å². The van der Waals surface area contributed by atoms with Gasteiger partial charge in [-0.1, -0.05) is 50.3 Å². The van der Waals surface area contributed by atoms with Crippen LogP contribution in [0.3, 0.4) is 0 Å². The number of hydrogen-bond acceptors (Lipinski definition) is 4. The molecule has 0 radical (unpaired) electrons. The zero-order chi connectivity index (χ0) is 27.4. The Kier molecular flexibility index (Phi) is 6.67. The number of nitrogens with one attached hydrogen (secondary N) is 1. The number of methoxy groups -OCH3 is 1. The molecule has 1 N–H and O–H groups in total. The highest BCUT2D eigenvalue weighted by Gasteiger charge is 2.57. The predicted octanol–water partition coefficient (Wildman–Crippen LogP) is 5.62. The minimum atomic E-state index is -0.927. The maximum absolute atomic E-state index is 14.0. The Morgan fingerprint density at radius 2 is 1.64 bits per heavy atom. The quantitative estimate of drug-likeness (QED) is 0.463. The second kappa shape index (κ2) is 9.78. The molecule has 0 unspecified atom stereocenters. The van der Waals surface area contributed by atoms with Crippen LogP contribution in [0.15, 0.2) is 42.1 Å². The van der Waals surface area contributed by atoms with E-state index in [2.05, 4.69) is 25.2 Å². The van der Waals surface area contributed by atoms with Gasteiger partial charge in [0.25, 0.3) is 0 Å². The lowest BCUT2D eigenvalue weighted by molar-refractivity contribution is -0.162. The number of nitrogens with zero attached hydrogens (tertiary/aromatic N) is 1. The molecule has 210 valence electrons.